The van der Waals surface area contributed by atoms with Crippen LogP contribution < -0.4 is 0 Å². The summed E-state index contributed by atoms with van der Waals surface area (Å²) in [4.78, 5) is 11.5. The molecule has 0 bridgehead atoms. The Balaban J connectivity index is 3.84. The second kappa shape index (κ2) is 10.7. The van der Waals surface area contributed by atoms with Crippen LogP contribution in [0.25, 0.3) is 0 Å². The van der Waals surface area contributed by atoms with Crippen molar-refractivity contribution in [1.82, 2.24) is 0 Å². The molecule has 92 valence electrons. The number of carbonyl (C=O) groups is 1. The minimum atomic E-state index is -0.193. The first-order chi connectivity index (χ1) is 7.76. The molecule has 0 radical (unpaired) electrons. The molecule has 0 aromatic rings. The first kappa shape index (κ1) is 15.2. The maximum atomic E-state index is 11.5. The third kappa shape index (κ3) is 7.52. The van der Waals surface area contributed by atoms with Gasteiger partial charge in [-0.05, 0) is 26.2 Å². The van der Waals surface area contributed by atoms with Crippen molar-refractivity contribution in [3.63, 3.8) is 0 Å². The maximum Gasteiger partial charge on any atom is 0.312 e. The summed E-state index contributed by atoms with van der Waals surface area (Å²) in [6, 6.07) is 0. The summed E-state index contributed by atoms with van der Waals surface area (Å²) in [5.41, 5.74) is 1.39. The highest BCUT2D eigenvalue weighted by Crippen LogP contribution is 2.14. The fourth-order valence-corrected chi connectivity index (χ4v) is 1.64. The molecule has 0 aliphatic rings. The lowest BCUT2D eigenvalue weighted by molar-refractivity contribution is -0.146. The van der Waals surface area contributed by atoms with Gasteiger partial charge >= 0.3 is 5.97 Å². The number of ether oxygens (including phenoxy) is 1. The monoisotopic (exact) mass is 244 g/mol. The fourth-order valence-electron chi connectivity index (χ4n) is 1.46. The van der Waals surface area contributed by atoms with E-state index < -0.39 is 0 Å². The molecule has 16 heavy (non-hydrogen) atoms. The van der Waals surface area contributed by atoms with E-state index in [0.29, 0.717) is 6.61 Å². The molecule has 3 heteroatoms. The Hall–Kier alpha value is -0.760. The number of allylic oxidation sites excluding steroid dienone is 1. The van der Waals surface area contributed by atoms with Crippen molar-refractivity contribution in [3.8, 4) is 0 Å². The van der Waals surface area contributed by atoms with Gasteiger partial charge in [0.25, 0.3) is 0 Å². The van der Waals surface area contributed by atoms with Crippen molar-refractivity contribution in [3.05, 3.63) is 24.3 Å². The molecule has 0 N–H and O–H groups in total. The molecule has 2 nitrogen and oxygen atoms in total. The van der Waals surface area contributed by atoms with Crippen LogP contribution in [-0.2, 0) is 9.53 Å². The van der Waals surface area contributed by atoms with Gasteiger partial charge in [-0.25, -0.2) is 0 Å². The molecule has 0 rings (SSSR count). The van der Waals surface area contributed by atoms with E-state index in [9.17, 15) is 4.79 Å². The van der Waals surface area contributed by atoms with Gasteiger partial charge < -0.3 is 4.74 Å². The van der Waals surface area contributed by atoms with Crippen LogP contribution in [0.4, 0.5) is 0 Å². The Morgan fingerprint density at radius 1 is 1.44 bits per heavy atom. The molecular weight excluding hydrogens is 224 g/mol. The van der Waals surface area contributed by atoms with Gasteiger partial charge in [-0.2, -0.15) is 0 Å². The molecule has 0 amide bonds. The second-order valence-electron chi connectivity index (χ2n) is 3.60. The number of halogens is 1. The molecule has 0 aromatic carbocycles. The highest BCUT2D eigenvalue weighted by atomic mass is 35.5. The molecule has 1 atom stereocenters. The van der Waals surface area contributed by atoms with E-state index >= 15 is 0 Å². The number of hydrogen-bond acceptors (Lipinski definition) is 2. The van der Waals surface area contributed by atoms with E-state index in [0.717, 1.165) is 32.1 Å². The number of hydrogen-bond donors (Lipinski definition) is 0. The Morgan fingerprint density at radius 3 is 2.75 bits per heavy atom. The molecular formula is C13H21ClO2. The Bertz CT molecular complexity index is 224. The van der Waals surface area contributed by atoms with Gasteiger partial charge in [0, 0.05) is 5.54 Å². The minimum Gasteiger partial charge on any atom is -0.466 e. The predicted octanol–water partition coefficient (Wildman–Crippen LogP) is 4.05. The van der Waals surface area contributed by atoms with Crippen molar-refractivity contribution in [2.75, 3.05) is 6.61 Å². The minimum absolute atomic E-state index is 0.178. The van der Waals surface area contributed by atoms with Gasteiger partial charge in [-0.15, -0.1) is 6.58 Å². The van der Waals surface area contributed by atoms with Crippen LogP contribution in [0.5, 0.6) is 0 Å². The summed E-state index contributed by atoms with van der Waals surface area (Å²) in [6.45, 7) is 5.90. The predicted molar refractivity (Wildman–Crippen MR) is 68.4 cm³/mol. The molecule has 0 aliphatic carbocycles. The Kier molecular flexibility index (Phi) is 10.2. The quantitative estimate of drug-likeness (QED) is 0.347. The van der Waals surface area contributed by atoms with Gasteiger partial charge in [0.05, 0.1) is 12.5 Å². The van der Waals surface area contributed by atoms with E-state index in [1.807, 2.05) is 13.0 Å². The van der Waals surface area contributed by atoms with Crippen LogP contribution in [0.3, 0.4) is 0 Å². The highest BCUT2D eigenvalue weighted by Gasteiger charge is 2.15. The molecule has 0 spiro atoms. The summed E-state index contributed by atoms with van der Waals surface area (Å²) in [6.07, 6.45) is 8.71. The molecule has 0 unspecified atom stereocenters. The molecule has 0 aliphatic heterocycles. The van der Waals surface area contributed by atoms with Crippen molar-refractivity contribution < 1.29 is 9.53 Å². The largest absolute Gasteiger partial charge is 0.466 e. The van der Waals surface area contributed by atoms with Crippen LogP contribution >= 0.6 is 11.6 Å². The van der Waals surface area contributed by atoms with Crippen LogP contribution in [0, 0.1) is 5.92 Å². The summed E-state index contributed by atoms with van der Waals surface area (Å²) >= 11 is 5.50. The number of carbonyl (C=O) groups excluding carboxylic acids is 1. The molecule has 0 saturated heterocycles. The zero-order valence-electron chi connectivity index (χ0n) is 9.95. The lowest BCUT2D eigenvalue weighted by Crippen LogP contribution is -2.15. The van der Waals surface area contributed by atoms with Crippen LogP contribution in [-0.4, -0.2) is 12.6 Å². The van der Waals surface area contributed by atoms with E-state index in [1.165, 1.54) is 5.54 Å². The van der Waals surface area contributed by atoms with E-state index in [1.54, 1.807) is 6.08 Å². The van der Waals surface area contributed by atoms with Gasteiger partial charge in [-0.3, -0.25) is 4.79 Å². The maximum absolute atomic E-state index is 11.5. The number of unbranched alkanes of at least 4 members (excludes halogenated alkanes) is 3. The van der Waals surface area contributed by atoms with Crippen molar-refractivity contribution >= 4 is 17.6 Å². The summed E-state index contributed by atoms with van der Waals surface area (Å²) in [7, 11) is 0. The van der Waals surface area contributed by atoms with E-state index in [-0.39, 0.29) is 11.9 Å². The van der Waals surface area contributed by atoms with E-state index in [2.05, 4.69) is 6.58 Å². The Labute approximate surface area is 103 Å². The average Bonchev–Trinajstić information content (AvgIpc) is 2.27. The van der Waals surface area contributed by atoms with Crippen molar-refractivity contribution in [2.24, 2.45) is 5.92 Å². The molecule has 0 fully saturated rings. The summed E-state index contributed by atoms with van der Waals surface area (Å²) in [5.74, 6) is -0.371. The van der Waals surface area contributed by atoms with Gasteiger partial charge in [0.1, 0.15) is 0 Å². The van der Waals surface area contributed by atoms with Crippen LogP contribution in [0.15, 0.2) is 24.3 Å². The molecule has 0 saturated carbocycles. The summed E-state index contributed by atoms with van der Waals surface area (Å²) < 4.78 is 4.97. The van der Waals surface area contributed by atoms with E-state index in [4.69, 9.17) is 16.3 Å². The normalized spacial score (nSPS) is 12.6. The lowest BCUT2D eigenvalue weighted by Gasteiger charge is -2.10. The smallest absolute Gasteiger partial charge is 0.312 e. The topological polar surface area (TPSA) is 26.3 Å². The highest BCUT2D eigenvalue weighted by molar-refractivity contribution is 6.25. The first-order valence-electron chi connectivity index (χ1n) is 5.80. The van der Waals surface area contributed by atoms with Gasteiger partial charge in [0.15, 0.2) is 0 Å². The number of esters is 1. The van der Waals surface area contributed by atoms with Crippen molar-refractivity contribution in [2.45, 2.75) is 39.0 Å². The second-order valence-corrected chi connectivity index (χ2v) is 3.86. The third-order valence-electron chi connectivity index (χ3n) is 2.32. The number of rotatable bonds is 9. The van der Waals surface area contributed by atoms with Crippen LogP contribution in [0.2, 0.25) is 0 Å². The fraction of sp³-hybridized carbons (Fsp3) is 0.615. The SMILES string of the molecule is C=CCCCCC[C@@H](/C=C\Cl)C(=O)OCC. The third-order valence-corrected chi connectivity index (χ3v) is 2.46. The Morgan fingerprint density at radius 2 is 2.19 bits per heavy atom. The molecule has 0 aromatic heterocycles. The average molecular weight is 245 g/mol. The standard InChI is InChI=1S/C13H21ClO2/c1-3-5-6-7-8-9-12(10-11-14)13(15)16-4-2/h3,10-12H,1,4-9H2,2H3/b11-10-/t12-/m0/s1. The first-order valence-corrected chi connectivity index (χ1v) is 6.24. The van der Waals surface area contributed by atoms with Gasteiger partial charge in [0.2, 0.25) is 0 Å². The van der Waals surface area contributed by atoms with Crippen molar-refractivity contribution in [1.29, 1.82) is 0 Å². The van der Waals surface area contributed by atoms with Gasteiger partial charge in [-0.1, -0.05) is 36.6 Å². The molecule has 0 heterocycles. The van der Waals surface area contributed by atoms with Crippen LogP contribution in [0.1, 0.15) is 39.0 Å². The lowest BCUT2D eigenvalue weighted by atomic mass is 10.0. The zero-order chi connectivity index (χ0) is 12.2. The summed E-state index contributed by atoms with van der Waals surface area (Å²) in [5, 5.41) is 0. The zero-order valence-corrected chi connectivity index (χ0v) is 10.7.